The van der Waals surface area contributed by atoms with E-state index in [0.717, 1.165) is 30.7 Å². The molecule has 1 fully saturated rings. The van der Waals surface area contributed by atoms with E-state index < -0.39 is 0 Å². The van der Waals surface area contributed by atoms with Gasteiger partial charge in [0.2, 0.25) is 11.9 Å². The fourth-order valence-electron chi connectivity index (χ4n) is 3.99. The zero-order valence-electron chi connectivity index (χ0n) is 19.0. The van der Waals surface area contributed by atoms with Crippen LogP contribution in [0.3, 0.4) is 0 Å². The summed E-state index contributed by atoms with van der Waals surface area (Å²) >= 11 is 0. The second-order valence-corrected chi connectivity index (χ2v) is 8.14. The van der Waals surface area contributed by atoms with E-state index in [4.69, 9.17) is 9.47 Å². The number of benzene rings is 1. The molecule has 0 aliphatic carbocycles. The summed E-state index contributed by atoms with van der Waals surface area (Å²) in [5, 5.41) is 3.29. The largest absolute Gasteiger partial charge is 0.490 e. The summed E-state index contributed by atoms with van der Waals surface area (Å²) < 4.78 is 11.5. The highest BCUT2D eigenvalue weighted by molar-refractivity contribution is 5.80. The number of carbonyl (C=O) groups excluding carboxylic acids is 1. The zero-order valence-corrected chi connectivity index (χ0v) is 19.0. The summed E-state index contributed by atoms with van der Waals surface area (Å²) in [4.78, 5) is 24.0. The van der Waals surface area contributed by atoms with Gasteiger partial charge < -0.3 is 19.7 Å². The summed E-state index contributed by atoms with van der Waals surface area (Å²) in [7, 11) is 0. The van der Waals surface area contributed by atoms with E-state index in [0.29, 0.717) is 31.5 Å². The minimum Gasteiger partial charge on any atom is -0.490 e. The average Bonchev–Trinajstić information content (AvgIpc) is 2.79. The first kappa shape index (κ1) is 22.8. The first-order chi connectivity index (χ1) is 15.0. The molecule has 2 heterocycles. The molecule has 7 nitrogen and oxygen atoms in total. The van der Waals surface area contributed by atoms with Crippen molar-refractivity contribution in [2.75, 3.05) is 31.2 Å². The van der Waals surface area contributed by atoms with Gasteiger partial charge in [-0.15, -0.1) is 0 Å². The Morgan fingerprint density at radius 3 is 2.55 bits per heavy atom. The lowest BCUT2D eigenvalue weighted by molar-refractivity contribution is -0.126. The highest BCUT2D eigenvalue weighted by Gasteiger charge is 2.29. The number of ether oxygens (including phenoxy) is 2. The molecule has 3 rings (SSSR count). The molecule has 1 saturated heterocycles. The average molecular weight is 427 g/mol. The summed E-state index contributed by atoms with van der Waals surface area (Å²) in [5.74, 6) is 2.35. The van der Waals surface area contributed by atoms with Crippen LogP contribution >= 0.6 is 0 Å². The number of hydrogen-bond acceptors (Lipinski definition) is 6. The van der Waals surface area contributed by atoms with Crippen LogP contribution in [0.15, 0.2) is 36.7 Å². The van der Waals surface area contributed by atoms with E-state index in [1.54, 1.807) is 18.5 Å². The molecule has 2 aromatic rings. The maximum Gasteiger partial charge on any atom is 0.225 e. The van der Waals surface area contributed by atoms with Crippen LogP contribution < -0.4 is 19.7 Å². The molecule has 1 N–H and O–H groups in total. The van der Waals surface area contributed by atoms with E-state index in [9.17, 15) is 4.79 Å². The highest BCUT2D eigenvalue weighted by Crippen LogP contribution is 2.33. The van der Waals surface area contributed by atoms with E-state index in [1.807, 2.05) is 32.0 Å². The summed E-state index contributed by atoms with van der Waals surface area (Å²) in [6.07, 6.45) is 5.29. The van der Waals surface area contributed by atoms with Crippen molar-refractivity contribution in [1.29, 1.82) is 0 Å². The molecular weight excluding hydrogens is 392 g/mol. The Kier molecular flexibility index (Phi) is 8.09. The predicted molar refractivity (Wildman–Crippen MR) is 121 cm³/mol. The number of aromatic nitrogens is 2. The smallest absolute Gasteiger partial charge is 0.225 e. The van der Waals surface area contributed by atoms with Crippen molar-refractivity contribution in [3.63, 3.8) is 0 Å². The van der Waals surface area contributed by atoms with Gasteiger partial charge in [-0.05, 0) is 56.4 Å². The lowest BCUT2D eigenvalue weighted by Crippen LogP contribution is -2.45. The standard InChI is InChI=1S/C24H34N4O3/c1-5-30-20-11-10-18(15-21(20)31-6-2)22(17(3)4)27-23(29)19-9-7-14-28(16-19)24-25-12-8-13-26-24/h8,10-13,15,17,19,22H,5-7,9,14,16H2,1-4H3,(H,27,29)/t19-,22+/m0/s1. The minimum atomic E-state index is -0.106. The third-order valence-electron chi connectivity index (χ3n) is 5.52. The summed E-state index contributed by atoms with van der Waals surface area (Å²) in [6.45, 7) is 10.8. The molecule has 168 valence electrons. The number of hydrogen-bond donors (Lipinski definition) is 1. The normalized spacial score (nSPS) is 17.3. The molecule has 31 heavy (non-hydrogen) atoms. The van der Waals surface area contributed by atoms with Gasteiger partial charge in [-0.2, -0.15) is 0 Å². The zero-order chi connectivity index (χ0) is 22.2. The third-order valence-corrected chi connectivity index (χ3v) is 5.52. The molecule has 1 aliphatic heterocycles. The molecule has 1 amide bonds. The third kappa shape index (κ3) is 5.87. The Balaban J connectivity index is 1.73. The van der Waals surface area contributed by atoms with Crippen LogP contribution in [0, 0.1) is 11.8 Å². The van der Waals surface area contributed by atoms with E-state index in [-0.39, 0.29) is 23.8 Å². The molecule has 1 aromatic carbocycles. The van der Waals surface area contributed by atoms with Crippen molar-refractivity contribution in [3.8, 4) is 11.5 Å². The van der Waals surface area contributed by atoms with Crippen LogP contribution in [0.1, 0.15) is 52.1 Å². The maximum absolute atomic E-state index is 13.2. The van der Waals surface area contributed by atoms with Crippen molar-refractivity contribution in [3.05, 3.63) is 42.2 Å². The van der Waals surface area contributed by atoms with Crippen molar-refractivity contribution < 1.29 is 14.3 Å². The first-order valence-corrected chi connectivity index (χ1v) is 11.2. The molecule has 0 saturated carbocycles. The molecule has 0 radical (unpaired) electrons. The fourth-order valence-corrected chi connectivity index (χ4v) is 3.99. The van der Waals surface area contributed by atoms with Gasteiger partial charge >= 0.3 is 0 Å². The van der Waals surface area contributed by atoms with Gasteiger partial charge in [0.1, 0.15) is 0 Å². The van der Waals surface area contributed by atoms with Gasteiger partial charge in [0, 0.05) is 25.5 Å². The van der Waals surface area contributed by atoms with Gasteiger partial charge in [0.25, 0.3) is 0 Å². The molecule has 0 spiro atoms. The number of nitrogens with one attached hydrogen (secondary N) is 1. The molecule has 2 atom stereocenters. The molecule has 1 aliphatic rings. The minimum absolute atomic E-state index is 0.0752. The number of nitrogens with zero attached hydrogens (tertiary/aromatic N) is 3. The summed E-state index contributed by atoms with van der Waals surface area (Å²) in [6, 6.07) is 7.64. The number of carbonyl (C=O) groups is 1. The number of rotatable bonds is 9. The molecule has 0 unspecified atom stereocenters. The van der Waals surface area contributed by atoms with E-state index in [1.165, 1.54) is 0 Å². The molecule has 1 aromatic heterocycles. The Bertz CT molecular complexity index is 844. The molecule has 0 bridgehead atoms. The van der Waals surface area contributed by atoms with Crippen molar-refractivity contribution >= 4 is 11.9 Å². The van der Waals surface area contributed by atoms with Crippen LogP contribution in [0.4, 0.5) is 5.95 Å². The molecular formula is C24H34N4O3. The van der Waals surface area contributed by atoms with Crippen molar-refractivity contribution in [2.45, 2.75) is 46.6 Å². The summed E-state index contributed by atoms with van der Waals surface area (Å²) in [5.41, 5.74) is 1.02. The van der Waals surface area contributed by atoms with Crippen LogP contribution in [-0.4, -0.2) is 42.2 Å². The van der Waals surface area contributed by atoms with Crippen LogP contribution in [0.25, 0.3) is 0 Å². The van der Waals surface area contributed by atoms with Gasteiger partial charge in [0.15, 0.2) is 11.5 Å². The van der Waals surface area contributed by atoms with Gasteiger partial charge in [-0.25, -0.2) is 9.97 Å². The topological polar surface area (TPSA) is 76.6 Å². The second-order valence-electron chi connectivity index (χ2n) is 8.14. The SMILES string of the molecule is CCOc1ccc([C@H](NC(=O)[C@H]2CCCN(c3ncccn3)C2)C(C)C)cc1OCC. The number of anilines is 1. The van der Waals surface area contributed by atoms with Gasteiger partial charge in [0.05, 0.1) is 25.2 Å². The lowest BCUT2D eigenvalue weighted by atomic mass is 9.92. The Hall–Kier alpha value is -2.83. The number of piperidine rings is 1. The van der Waals surface area contributed by atoms with E-state index >= 15 is 0 Å². The number of amides is 1. The Morgan fingerprint density at radius 1 is 1.16 bits per heavy atom. The quantitative estimate of drug-likeness (QED) is 0.653. The second kappa shape index (κ2) is 11.0. The predicted octanol–water partition coefficient (Wildman–Crippen LogP) is 4.00. The van der Waals surface area contributed by atoms with E-state index in [2.05, 4.69) is 34.0 Å². The van der Waals surface area contributed by atoms with Crippen LogP contribution in [-0.2, 0) is 4.79 Å². The van der Waals surface area contributed by atoms with Crippen molar-refractivity contribution in [2.24, 2.45) is 11.8 Å². The maximum atomic E-state index is 13.2. The first-order valence-electron chi connectivity index (χ1n) is 11.2. The lowest BCUT2D eigenvalue weighted by Gasteiger charge is -2.33. The van der Waals surface area contributed by atoms with Gasteiger partial charge in [-0.1, -0.05) is 19.9 Å². The fraction of sp³-hybridized carbons (Fsp3) is 0.542. The van der Waals surface area contributed by atoms with Crippen molar-refractivity contribution in [1.82, 2.24) is 15.3 Å². The van der Waals surface area contributed by atoms with Crippen LogP contribution in [0.5, 0.6) is 11.5 Å². The van der Waals surface area contributed by atoms with Crippen LogP contribution in [0.2, 0.25) is 0 Å². The Labute approximate surface area is 185 Å². The Morgan fingerprint density at radius 2 is 1.87 bits per heavy atom. The molecule has 7 heteroatoms. The monoisotopic (exact) mass is 426 g/mol. The highest BCUT2D eigenvalue weighted by atomic mass is 16.5. The van der Waals surface area contributed by atoms with Gasteiger partial charge in [-0.3, -0.25) is 4.79 Å².